The van der Waals surface area contributed by atoms with E-state index < -0.39 is 0 Å². The quantitative estimate of drug-likeness (QED) is 0.679. The molecule has 0 spiro atoms. The molecular weight excluding hydrogens is 286 g/mol. The lowest BCUT2D eigenvalue weighted by atomic mass is 10.1. The van der Waals surface area contributed by atoms with Gasteiger partial charge >= 0.3 is 0 Å². The van der Waals surface area contributed by atoms with Gasteiger partial charge in [-0.2, -0.15) is 0 Å². The Bertz CT molecular complexity index is 1020. The molecule has 0 atom stereocenters. The van der Waals surface area contributed by atoms with Crippen molar-refractivity contribution in [2.75, 3.05) is 13.1 Å². The van der Waals surface area contributed by atoms with Crippen LogP contribution < -0.4 is 16.3 Å². The summed E-state index contributed by atoms with van der Waals surface area (Å²) in [6.07, 6.45) is 0. The first-order valence-corrected chi connectivity index (χ1v) is 7.67. The van der Waals surface area contributed by atoms with Crippen molar-refractivity contribution in [3.05, 3.63) is 80.7 Å². The molecule has 0 radical (unpaired) electrons. The third kappa shape index (κ3) is 3.72. The molecule has 0 aliphatic carbocycles. The van der Waals surface area contributed by atoms with E-state index in [1.165, 1.54) is 11.6 Å². The van der Waals surface area contributed by atoms with E-state index in [0.717, 1.165) is 40.3 Å². The number of hydrogen-bond donors (Lipinski definition) is 1. The third-order valence-corrected chi connectivity index (χ3v) is 3.68. The molecule has 1 aliphatic heterocycles. The van der Waals surface area contributed by atoms with Gasteiger partial charge in [-0.3, -0.25) is 14.8 Å². The first-order chi connectivity index (χ1) is 11.1. The van der Waals surface area contributed by atoms with E-state index in [0.29, 0.717) is 0 Å². The molecule has 4 nitrogen and oxygen atoms in total. The van der Waals surface area contributed by atoms with E-state index in [-0.39, 0.29) is 5.56 Å². The van der Waals surface area contributed by atoms with Gasteiger partial charge in [0.05, 0.1) is 23.8 Å². The number of aromatic amines is 1. The van der Waals surface area contributed by atoms with Crippen molar-refractivity contribution in [2.24, 2.45) is 9.98 Å². The van der Waals surface area contributed by atoms with E-state index in [2.05, 4.69) is 34.0 Å². The number of hydrogen-bond acceptors (Lipinski definition) is 3. The lowest BCUT2D eigenvalue weighted by Gasteiger charge is -1.98. The maximum absolute atomic E-state index is 10.9. The smallest absolute Gasteiger partial charge is 0.248 e. The summed E-state index contributed by atoms with van der Waals surface area (Å²) < 4.78 is 0. The topological polar surface area (TPSA) is 57.6 Å². The average Bonchev–Trinajstić information content (AvgIpc) is 2.55. The van der Waals surface area contributed by atoms with Crippen molar-refractivity contribution in [1.29, 1.82) is 0 Å². The first kappa shape index (κ1) is 15.2. The fourth-order valence-corrected chi connectivity index (χ4v) is 2.50. The molecule has 4 rings (SSSR count). The maximum atomic E-state index is 10.9. The Balaban J connectivity index is 0.000000136. The number of aromatic nitrogens is 1. The fraction of sp³-hybridized carbons (Fsp3) is 0.211. The molecule has 2 heterocycles. The van der Waals surface area contributed by atoms with Crippen LogP contribution in [0.2, 0.25) is 0 Å². The Labute approximate surface area is 134 Å². The van der Waals surface area contributed by atoms with Crippen LogP contribution in [0.25, 0.3) is 10.9 Å². The molecule has 0 amide bonds. The number of H-pyrrole nitrogens is 1. The molecule has 3 aromatic rings. The second-order valence-corrected chi connectivity index (χ2v) is 5.67. The minimum atomic E-state index is -0.0481. The molecule has 2 aromatic carbocycles. The zero-order valence-electron chi connectivity index (χ0n) is 13.3. The standard InChI is InChI=1S/C10H9NO.C9H10N2/c1-7-2-3-8-4-5-10(12)11-9(8)6-7;1-7-2-3-8-9(6-7)11-5-4-10-8/h2-6H,1H3,(H,11,12);2-3,6H,4-5H2,1H3. The predicted molar refractivity (Wildman–Crippen MR) is 92.5 cm³/mol. The molecular formula is C19H19N3O. The second-order valence-electron chi connectivity index (χ2n) is 5.67. The summed E-state index contributed by atoms with van der Waals surface area (Å²) in [5, 5.41) is 3.17. The number of pyridine rings is 1. The highest BCUT2D eigenvalue weighted by Gasteiger charge is 1.94. The molecule has 0 saturated carbocycles. The monoisotopic (exact) mass is 305 g/mol. The van der Waals surface area contributed by atoms with Crippen LogP contribution in [-0.4, -0.2) is 18.1 Å². The van der Waals surface area contributed by atoms with E-state index in [1.54, 1.807) is 0 Å². The minimum absolute atomic E-state index is 0.0481. The lowest BCUT2D eigenvalue weighted by Crippen LogP contribution is -2.29. The van der Waals surface area contributed by atoms with Crippen molar-refractivity contribution >= 4 is 10.9 Å². The Morgan fingerprint density at radius 2 is 1.48 bits per heavy atom. The lowest BCUT2D eigenvalue weighted by molar-refractivity contribution is 0.863. The molecule has 0 bridgehead atoms. The summed E-state index contributed by atoms with van der Waals surface area (Å²) in [4.78, 5) is 22.4. The van der Waals surface area contributed by atoms with Crippen molar-refractivity contribution in [3.63, 3.8) is 0 Å². The molecule has 0 unspecified atom stereocenters. The minimum Gasteiger partial charge on any atom is -0.322 e. The molecule has 0 fully saturated rings. The van der Waals surface area contributed by atoms with Gasteiger partial charge in [-0.05, 0) is 54.6 Å². The molecule has 0 saturated heterocycles. The van der Waals surface area contributed by atoms with Gasteiger partial charge in [0.1, 0.15) is 0 Å². The largest absolute Gasteiger partial charge is 0.322 e. The highest BCUT2D eigenvalue weighted by molar-refractivity contribution is 5.78. The third-order valence-electron chi connectivity index (χ3n) is 3.68. The summed E-state index contributed by atoms with van der Waals surface area (Å²) in [7, 11) is 0. The van der Waals surface area contributed by atoms with E-state index in [1.807, 2.05) is 37.3 Å². The van der Waals surface area contributed by atoms with Crippen LogP contribution in [0.4, 0.5) is 0 Å². The summed E-state index contributed by atoms with van der Waals surface area (Å²) in [6, 6.07) is 15.6. The molecule has 4 heteroatoms. The molecule has 1 N–H and O–H groups in total. The number of aryl methyl sites for hydroxylation is 2. The first-order valence-electron chi connectivity index (χ1n) is 7.67. The predicted octanol–water partition coefficient (Wildman–Crippen LogP) is 2.08. The SMILES string of the molecule is Cc1ccc2c(c1)=NCCN=2.Cc1ccc2ccc(=O)[nH]c2c1. The number of rotatable bonds is 0. The Morgan fingerprint density at radius 3 is 2.30 bits per heavy atom. The summed E-state index contributed by atoms with van der Waals surface area (Å²) in [5.41, 5.74) is 3.27. The van der Waals surface area contributed by atoms with Crippen LogP contribution in [-0.2, 0) is 0 Å². The Morgan fingerprint density at radius 1 is 0.826 bits per heavy atom. The van der Waals surface area contributed by atoms with Crippen LogP contribution in [0.15, 0.2) is 63.3 Å². The summed E-state index contributed by atoms with van der Waals surface area (Å²) in [5.74, 6) is 0. The summed E-state index contributed by atoms with van der Waals surface area (Å²) >= 11 is 0. The highest BCUT2D eigenvalue weighted by Crippen LogP contribution is 2.10. The number of nitrogens with zero attached hydrogens (tertiary/aromatic N) is 2. The highest BCUT2D eigenvalue weighted by atomic mass is 16.1. The van der Waals surface area contributed by atoms with Gasteiger partial charge in [0, 0.05) is 11.6 Å². The van der Waals surface area contributed by atoms with Gasteiger partial charge in [-0.1, -0.05) is 18.2 Å². The molecule has 1 aliphatic rings. The van der Waals surface area contributed by atoms with Crippen molar-refractivity contribution in [1.82, 2.24) is 4.98 Å². The number of nitrogens with one attached hydrogen (secondary N) is 1. The number of fused-ring (bicyclic) bond motifs is 2. The Hall–Kier alpha value is -2.75. The van der Waals surface area contributed by atoms with Gasteiger partial charge in [0.15, 0.2) is 0 Å². The summed E-state index contributed by atoms with van der Waals surface area (Å²) in [6.45, 7) is 5.77. The second kappa shape index (κ2) is 6.57. The van der Waals surface area contributed by atoms with Crippen LogP contribution in [0, 0.1) is 13.8 Å². The average molecular weight is 305 g/mol. The van der Waals surface area contributed by atoms with Gasteiger partial charge in [0.2, 0.25) is 5.56 Å². The van der Waals surface area contributed by atoms with Gasteiger partial charge < -0.3 is 4.98 Å². The maximum Gasteiger partial charge on any atom is 0.248 e. The van der Waals surface area contributed by atoms with E-state index >= 15 is 0 Å². The zero-order valence-corrected chi connectivity index (χ0v) is 13.3. The van der Waals surface area contributed by atoms with Crippen molar-refractivity contribution in [2.45, 2.75) is 13.8 Å². The Kier molecular flexibility index (Phi) is 4.33. The van der Waals surface area contributed by atoms with Crippen LogP contribution in [0.1, 0.15) is 11.1 Å². The van der Waals surface area contributed by atoms with Crippen molar-refractivity contribution < 1.29 is 0 Å². The zero-order chi connectivity index (χ0) is 16.2. The molecule has 1 aromatic heterocycles. The van der Waals surface area contributed by atoms with Gasteiger partial charge in [-0.25, -0.2) is 0 Å². The van der Waals surface area contributed by atoms with Gasteiger partial charge in [-0.15, -0.1) is 0 Å². The van der Waals surface area contributed by atoms with Crippen LogP contribution >= 0.6 is 0 Å². The normalized spacial score (nSPS) is 12.4. The van der Waals surface area contributed by atoms with E-state index in [9.17, 15) is 4.79 Å². The van der Waals surface area contributed by atoms with Crippen molar-refractivity contribution in [3.8, 4) is 0 Å². The van der Waals surface area contributed by atoms with E-state index in [4.69, 9.17) is 0 Å². The molecule has 23 heavy (non-hydrogen) atoms. The molecule has 116 valence electrons. The van der Waals surface area contributed by atoms with Gasteiger partial charge in [0.25, 0.3) is 0 Å². The van der Waals surface area contributed by atoms with Crippen LogP contribution in [0.5, 0.6) is 0 Å². The fourth-order valence-electron chi connectivity index (χ4n) is 2.50. The van der Waals surface area contributed by atoms with Crippen LogP contribution in [0.3, 0.4) is 0 Å². The number of benzene rings is 2.